The van der Waals surface area contributed by atoms with Crippen LogP contribution in [0.4, 0.5) is 0 Å². The number of nitrogens with zero attached hydrogens (tertiary/aromatic N) is 1. The van der Waals surface area contributed by atoms with E-state index in [-0.39, 0.29) is 11.9 Å². The normalized spacial score (nSPS) is 17.5. The predicted molar refractivity (Wildman–Crippen MR) is 92.1 cm³/mol. The van der Waals surface area contributed by atoms with E-state index in [0.29, 0.717) is 18.9 Å². The van der Waals surface area contributed by atoms with Crippen molar-refractivity contribution < 1.29 is 4.79 Å². The van der Waals surface area contributed by atoms with Crippen molar-refractivity contribution in [3.63, 3.8) is 0 Å². The summed E-state index contributed by atoms with van der Waals surface area (Å²) in [6.07, 6.45) is 6.95. The Labute approximate surface area is 139 Å². The van der Waals surface area contributed by atoms with Crippen LogP contribution in [0.3, 0.4) is 0 Å². The van der Waals surface area contributed by atoms with Crippen LogP contribution in [0, 0.1) is 5.92 Å². The van der Waals surface area contributed by atoms with E-state index in [9.17, 15) is 4.79 Å². The number of hydrogen-bond acceptors (Lipinski definition) is 2. The van der Waals surface area contributed by atoms with Crippen molar-refractivity contribution in [2.45, 2.75) is 44.6 Å². The van der Waals surface area contributed by atoms with Gasteiger partial charge in [-0.05, 0) is 44.5 Å². The topological polar surface area (TPSA) is 32.3 Å². The molecule has 1 aliphatic rings. The zero-order valence-electron chi connectivity index (χ0n) is 13.6. The Kier molecular flexibility index (Phi) is 6.71. The standard InChI is InChI=1S/C18H27ClN2O/c1-21(2)17(15-10-6-7-11-16(15)19)13-20-18(22)12-14-8-4-3-5-9-14/h6-7,10-11,14,17H,3-5,8-9,12-13H2,1-2H3,(H,20,22). The first-order valence-electron chi connectivity index (χ1n) is 8.25. The molecule has 0 saturated heterocycles. The van der Waals surface area contributed by atoms with Gasteiger partial charge in [0, 0.05) is 18.0 Å². The lowest BCUT2D eigenvalue weighted by Gasteiger charge is -2.27. The quantitative estimate of drug-likeness (QED) is 0.857. The first kappa shape index (κ1) is 17.3. The second-order valence-corrected chi connectivity index (χ2v) is 6.92. The molecule has 1 saturated carbocycles. The number of benzene rings is 1. The Balaban J connectivity index is 1.89. The van der Waals surface area contributed by atoms with Crippen LogP contribution in [0.5, 0.6) is 0 Å². The summed E-state index contributed by atoms with van der Waals surface area (Å²) < 4.78 is 0. The summed E-state index contributed by atoms with van der Waals surface area (Å²) >= 11 is 6.29. The average molecular weight is 323 g/mol. The zero-order valence-corrected chi connectivity index (χ0v) is 14.4. The fourth-order valence-corrected chi connectivity index (χ4v) is 3.51. The lowest BCUT2D eigenvalue weighted by molar-refractivity contribution is -0.122. The van der Waals surface area contributed by atoms with Crippen molar-refractivity contribution in [1.29, 1.82) is 0 Å². The van der Waals surface area contributed by atoms with Gasteiger partial charge in [0.05, 0.1) is 6.04 Å². The third kappa shape index (κ3) is 4.99. The minimum Gasteiger partial charge on any atom is -0.354 e. The van der Waals surface area contributed by atoms with Crippen molar-refractivity contribution in [2.24, 2.45) is 5.92 Å². The summed E-state index contributed by atoms with van der Waals surface area (Å²) in [5.41, 5.74) is 1.06. The van der Waals surface area contributed by atoms with Crippen LogP contribution in [-0.4, -0.2) is 31.4 Å². The molecule has 0 bridgehead atoms. The van der Waals surface area contributed by atoms with E-state index < -0.39 is 0 Å². The first-order chi connectivity index (χ1) is 10.6. The van der Waals surface area contributed by atoms with Gasteiger partial charge in [0.1, 0.15) is 0 Å². The summed E-state index contributed by atoms with van der Waals surface area (Å²) in [4.78, 5) is 14.3. The Morgan fingerprint density at radius 3 is 2.59 bits per heavy atom. The van der Waals surface area contributed by atoms with Crippen LogP contribution in [0.15, 0.2) is 24.3 Å². The van der Waals surface area contributed by atoms with Crippen molar-refractivity contribution in [2.75, 3.05) is 20.6 Å². The van der Waals surface area contributed by atoms with Gasteiger partial charge in [0.25, 0.3) is 0 Å². The molecule has 0 spiro atoms. The zero-order chi connectivity index (χ0) is 15.9. The molecule has 122 valence electrons. The molecule has 1 atom stereocenters. The molecule has 1 aromatic rings. The lowest BCUT2D eigenvalue weighted by Crippen LogP contribution is -2.35. The summed E-state index contributed by atoms with van der Waals surface area (Å²) in [7, 11) is 4.03. The van der Waals surface area contributed by atoms with E-state index in [1.165, 1.54) is 32.1 Å². The number of rotatable bonds is 6. The van der Waals surface area contributed by atoms with Crippen LogP contribution in [0.2, 0.25) is 5.02 Å². The molecular formula is C18H27ClN2O. The molecule has 4 heteroatoms. The first-order valence-corrected chi connectivity index (χ1v) is 8.63. The lowest BCUT2D eigenvalue weighted by atomic mass is 9.87. The second-order valence-electron chi connectivity index (χ2n) is 6.51. The summed E-state index contributed by atoms with van der Waals surface area (Å²) in [5, 5.41) is 3.85. The van der Waals surface area contributed by atoms with Crippen LogP contribution >= 0.6 is 11.6 Å². The van der Waals surface area contributed by atoms with Crippen molar-refractivity contribution in [3.05, 3.63) is 34.9 Å². The third-order valence-electron chi connectivity index (χ3n) is 4.58. The van der Waals surface area contributed by atoms with Crippen LogP contribution in [0.25, 0.3) is 0 Å². The number of nitrogens with one attached hydrogen (secondary N) is 1. The van der Waals surface area contributed by atoms with Gasteiger partial charge < -0.3 is 10.2 Å². The summed E-state index contributed by atoms with van der Waals surface area (Å²) in [6.45, 7) is 0.599. The highest BCUT2D eigenvalue weighted by Crippen LogP contribution is 2.27. The van der Waals surface area contributed by atoms with Crippen LogP contribution in [0.1, 0.15) is 50.1 Å². The van der Waals surface area contributed by atoms with E-state index in [4.69, 9.17) is 11.6 Å². The van der Waals surface area contributed by atoms with Crippen LogP contribution in [-0.2, 0) is 4.79 Å². The summed E-state index contributed by atoms with van der Waals surface area (Å²) in [6, 6.07) is 7.95. The molecule has 0 radical (unpaired) electrons. The number of carbonyl (C=O) groups is 1. The second kappa shape index (κ2) is 8.54. The van der Waals surface area contributed by atoms with Crippen molar-refractivity contribution in [3.8, 4) is 0 Å². The maximum atomic E-state index is 12.2. The van der Waals surface area contributed by atoms with E-state index in [2.05, 4.69) is 10.2 Å². The van der Waals surface area contributed by atoms with Gasteiger partial charge in [0.15, 0.2) is 0 Å². The fourth-order valence-electron chi connectivity index (χ4n) is 3.25. The SMILES string of the molecule is CN(C)C(CNC(=O)CC1CCCCC1)c1ccccc1Cl. The number of carbonyl (C=O) groups excluding carboxylic acids is 1. The van der Waals surface area contributed by atoms with E-state index in [0.717, 1.165) is 10.6 Å². The van der Waals surface area contributed by atoms with Gasteiger partial charge in [-0.2, -0.15) is 0 Å². The molecule has 0 aromatic heterocycles. The molecule has 0 heterocycles. The molecule has 1 aromatic carbocycles. The largest absolute Gasteiger partial charge is 0.354 e. The predicted octanol–water partition coefficient (Wildman–Crippen LogP) is 4.03. The average Bonchev–Trinajstić information content (AvgIpc) is 2.50. The molecule has 1 N–H and O–H groups in total. The van der Waals surface area contributed by atoms with Gasteiger partial charge in [-0.15, -0.1) is 0 Å². The molecule has 1 fully saturated rings. The molecule has 1 aliphatic carbocycles. The highest BCUT2D eigenvalue weighted by Gasteiger charge is 2.20. The molecule has 22 heavy (non-hydrogen) atoms. The van der Waals surface area contributed by atoms with Gasteiger partial charge in [-0.1, -0.05) is 49.1 Å². The van der Waals surface area contributed by atoms with E-state index >= 15 is 0 Å². The van der Waals surface area contributed by atoms with Crippen LogP contribution < -0.4 is 5.32 Å². The third-order valence-corrected chi connectivity index (χ3v) is 4.92. The fraction of sp³-hybridized carbons (Fsp3) is 0.611. The van der Waals surface area contributed by atoms with Gasteiger partial charge in [-0.3, -0.25) is 4.79 Å². The molecular weight excluding hydrogens is 296 g/mol. The van der Waals surface area contributed by atoms with Crippen molar-refractivity contribution >= 4 is 17.5 Å². The maximum absolute atomic E-state index is 12.2. The van der Waals surface area contributed by atoms with E-state index in [1.807, 2.05) is 38.4 Å². The smallest absolute Gasteiger partial charge is 0.220 e. The van der Waals surface area contributed by atoms with Gasteiger partial charge in [-0.25, -0.2) is 0 Å². The molecule has 3 nitrogen and oxygen atoms in total. The highest BCUT2D eigenvalue weighted by molar-refractivity contribution is 6.31. The monoisotopic (exact) mass is 322 g/mol. The molecule has 0 aliphatic heterocycles. The molecule has 2 rings (SSSR count). The number of amides is 1. The number of hydrogen-bond donors (Lipinski definition) is 1. The highest BCUT2D eigenvalue weighted by atomic mass is 35.5. The number of likely N-dealkylation sites (N-methyl/N-ethyl adjacent to an activating group) is 1. The Hall–Kier alpha value is -1.06. The molecule has 1 unspecified atom stereocenters. The minimum absolute atomic E-state index is 0.101. The number of halogens is 1. The Morgan fingerprint density at radius 1 is 1.27 bits per heavy atom. The maximum Gasteiger partial charge on any atom is 0.220 e. The van der Waals surface area contributed by atoms with Gasteiger partial charge >= 0.3 is 0 Å². The molecule has 1 amide bonds. The van der Waals surface area contributed by atoms with E-state index in [1.54, 1.807) is 0 Å². The summed E-state index contributed by atoms with van der Waals surface area (Å²) in [5.74, 6) is 0.748. The minimum atomic E-state index is 0.101. The van der Waals surface area contributed by atoms with Crippen molar-refractivity contribution in [1.82, 2.24) is 10.2 Å². The van der Waals surface area contributed by atoms with Gasteiger partial charge in [0.2, 0.25) is 5.91 Å². The Morgan fingerprint density at radius 2 is 1.95 bits per heavy atom. The Bertz CT molecular complexity index is 484.